The van der Waals surface area contributed by atoms with Gasteiger partial charge in [-0.05, 0) is 31.5 Å². The number of aromatic nitrogens is 1. The summed E-state index contributed by atoms with van der Waals surface area (Å²) >= 11 is 12.1. The van der Waals surface area contributed by atoms with Gasteiger partial charge in [0.25, 0.3) is 0 Å². The maximum atomic E-state index is 10.0. The second kappa shape index (κ2) is 7.17. The first-order valence-corrected chi connectivity index (χ1v) is 9.06. The Morgan fingerprint density at radius 2 is 2.04 bits per heavy atom. The molecule has 0 saturated heterocycles. The van der Waals surface area contributed by atoms with E-state index in [0.29, 0.717) is 44.9 Å². The molecule has 1 unspecified atom stereocenters. The van der Waals surface area contributed by atoms with Crippen molar-refractivity contribution in [3.63, 3.8) is 0 Å². The van der Waals surface area contributed by atoms with Crippen molar-refractivity contribution in [2.75, 3.05) is 16.8 Å². The minimum Gasteiger partial charge on any atom is -0.508 e. The lowest BCUT2D eigenvalue weighted by atomic mass is 10.1. The highest BCUT2D eigenvalue weighted by Crippen LogP contribution is 2.40. The van der Waals surface area contributed by atoms with Gasteiger partial charge in [0.15, 0.2) is 0 Å². The molecule has 3 N–H and O–H groups in total. The predicted molar refractivity (Wildman–Crippen MR) is 110 cm³/mol. The number of nitrogens with one attached hydrogen (secondary N) is 2. The standard InChI is InChI=1S/C19H20Cl2N4O/c1-4-10(2)25-9-16(22)17-18(25)15(11(3)26)8-23-19(17)24-14-6-12(20)5-13(21)7-14/h5-8,10,22,26H,3-4,9H2,1-2H3,(H,23,24). The van der Waals surface area contributed by atoms with Crippen molar-refractivity contribution in [1.29, 1.82) is 5.41 Å². The van der Waals surface area contributed by atoms with Gasteiger partial charge in [-0.1, -0.05) is 36.7 Å². The summed E-state index contributed by atoms with van der Waals surface area (Å²) < 4.78 is 0. The molecule has 3 rings (SSSR count). The molecule has 0 amide bonds. The average Bonchev–Trinajstić information content (AvgIpc) is 2.91. The van der Waals surface area contributed by atoms with Crippen LogP contribution in [0.5, 0.6) is 0 Å². The van der Waals surface area contributed by atoms with E-state index in [-0.39, 0.29) is 11.8 Å². The topological polar surface area (TPSA) is 72.2 Å². The van der Waals surface area contributed by atoms with Crippen molar-refractivity contribution < 1.29 is 5.11 Å². The van der Waals surface area contributed by atoms with Crippen molar-refractivity contribution in [2.24, 2.45) is 0 Å². The molecule has 0 radical (unpaired) electrons. The molecule has 0 bridgehead atoms. The summed E-state index contributed by atoms with van der Waals surface area (Å²) in [6.07, 6.45) is 2.49. The van der Waals surface area contributed by atoms with Gasteiger partial charge in [-0.25, -0.2) is 4.98 Å². The summed E-state index contributed by atoms with van der Waals surface area (Å²) in [5.41, 5.74) is 3.10. The van der Waals surface area contributed by atoms with E-state index in [1.807, 2.05) is 0 Å². The highest BCUT2D eigenvalue weighted by atomic mass is 35.5. The number of aliphatic hydroxyl groups excluding tert-OH is 1. The lowest BCUT2D eigenvalue weighted by Gasteiger charge is -2.27. The number of halogens is 2. The first kappa shape index (κ1) is 18.5. The molecular weight excluding hydrogens is 371 g/mol. The molecule has 136 valence electrons. The Morgan fingerprint density at radius 3 is 2.62 bits per heavy atom. The second-order valence-electron chi connectivity index (χ2n) is 6.34. The zero-order valence-electron chi connectivity index (χ0n) is 14.6. The van der Waals surface area contributed by atoms with Gasteiger partial charge < -0.3 is 20.7 Å². The van der Waals surface area contributed by atoms with Crippen LogP contribution in [0.2, 0.25) is 10.0 Å². The minimum absolute atomic E-state index is 0.0610. The summed E-state index contributed by atoms with van der Waals surface area (Å²) in [5.74, 6) is 0.466. The Kier molecular flexibility index (Phi) is 5.12. The SMILES string of the molecule is C=C(O)c1cnc(Nc2cc(Cl)cc(Cl)c2)c2c1N(C(C)CC)CC2=N. The summed E-state index contributed by atoms with van der Waals surface area (Å²) in [5, 5.41) is 22.7. The number of anilines is 3. The number of nitrogens with zero attached hydrogens (tertiary/aromatic N) is 2. The van der Waals surface area contributed by atoms with Crippen molar-refractivity contribution in [3.8, 4) is 0 Å². The average molecular weight is 391 g/mol. The fraction of sp³-hybridized carbons (Fsp3) is 0.263. The highest BCUT2D eigenvalue weighted by Gasteiger charge is 2.33. The molecule has 5 nitrogen and oxygen atoms in total. The third-order valence-corrected chi connectivity index (χ3v) is 4.96. The number of hydrogen-bond acceptors (Lipinski definition) is 5. The Balaban J connectivity index is 2.13. The van der Waals surface area contributed by atoms with E-state index in [4.69, 9.17) is 28.6 Å². The van der Waals surface area contributed by atoms with Gasteiger partial charge >= 0.3 is 0 Å². The van der Waals surface area contributed by atoms with Crippen LogP contribution in [0.3, 0.4) is 0 Å². The van der Waals surface area contributed by atoms with Crippen LogP contribution in [0.15, 0.2) is 31.0 Å². The third kappa shape index (κ3) is 3.37. The van der Waals surface area contributed by atoms with E-state index in [1.165, 1.54) is 0 Å². The summed E-state index contributed by atoms with van der Waals surface area (Å²) in [7, 11) is 0. The fourth-order valence-electron chi connectivity index (χ4n) is 3.08. The van der Waals surface area contributed by atoms with E-state index in [9.17, 15) is 5.11 Å². The van der Waals surface area contributed by atoms with Crippen LogP contribution in [0, 0.1) is 5.41 Å². The summed E-state index contributed by atoms with van der Waals surface area (Å²) in [6.45, 7) is 8.29. The number of aliphatic hydroxyl groups is 1. The molecule has 2 aromatic rings. The number of hydrogen-bond donors (Lipinski definition) is 3. The Bertz CT molecular complexity index is 877. The first-order valence-electron chi connectivity index (χ1n) is 8.30. The molecule has 0 fully saturated rings. The number of benzene rings is 1. The lowest BCUT2D eigenvalue weighted by Crippen LogP contribution is -2.32. The zero-order chi connectivity index (χ0) is 19.0. The van der Waals surface area contributed by atoms with E-state index in [1.54, 1.807) is 24.4 Å². The summed E-state index contributed by atoms with van der Waals surface area (Å²) in [4.78, 5) is 6.51. The Hall–Kier alpha value is -2.24. The van der Waals surface area contributed by atoms with Crippen LogP contribution in [0.25, 0.3) is 5.76 Å². The van der Waals surface area contributed by atoms with E-state index in [0.717, 1.165) is 12.1 Å². The van der Waals surface area contributed by atoms with Gasteiger partial charge in [0.05, 0.1) is 29.1 Å². The number of fused-ring (bicyclic) bond motifs is 1. The van der Waals surface area contributed by atoms with E-state index < -0.39 is 0 Å². The van der Waals surface area contributed by atoms with Gasteiger partial charge in [-0.2, -0.15) is 0 Å². The van der Waals surface area contributed by atoms with Gasteiger partial charge in [0.2, 0.25) is 0 Å². The van der Waals surface area contributed by atoms with Crippen molar-refractivity contribution in [3.05, 3.63) is 52.1 Å². The molecule has 1 aliphatic rings. The molecule has 26 heavy (non-hydrogen) atoms. The van der Waals surface area contributed by atoms with Crippen LogP contribution >= 0.6 is 23.2 Å². The van der Waals surface area contributed by atoms with Crippen LogP contribution in [-0.2, 0) is 0 Å². The number of rotatable bonds is 5. The molecule has 1 aromatic heterocycles. The van der Waals surface area contributed by atoms with E-state index in [2.05, 4.69) is 35.6 Å². The van der Waals surface area contributed by atoms with Gasteiger partial charge in [0.1, 0.15) is 11.6 Å². The minimum atomic E-state index is -0.0610. The van der Waals surface area contributed by atoms with Crippen molar-refractivity contribution >= 4 is 51.9 Å². The quantitative estimate of drug-likeness (QED) is 0.576. The number of pyridine rings is 1. The molecule has 0 spiro atoms. The van der Waals surface area contributed by atoms with Crippen molar-refractivity contribution in [1.82, 2.24) is 4.98 Å². The Morgan fingerprint density at radius 1 is 1.38 bits per heavy atom. The van der Waals surface area contributed by atoms with E-state index >= 15 is 0 Å². The fourth-order valence-corrected chi connectivity index (χ4v) is 3.61. The van der Waals surface area contributed by atoms with Gasteiger partial charge in [-0.3, -0.25) is 0 Å². The molecule has 1 aromatic carbocycles. The lowest BCUT2D eigenvalue weighted by molar-refractivity contribution is 0.513. The van der Waals surface area contributed by atoms with Gasteiger partial charge in [0, 0.05) is 28.0 Å². The maximum absolute atomic E-state index is 10.0. The molecule has 0 aliphatic carbocycles. The maximum Gasteiger partial charge on any atom is 0.141 e. The van der Waals surface area contributed by atoms with Crippen molar-refractivity contribution in [2.45, 2.75) is 26.3 Å². The molecule has 1 aliphatic heterocycles. The third-order valence-electron chi connectivity index (χ3n) is 4.53. The Labute approximate surface area is 162 Å². The van der Waals surface area contributed by atoms with Crippen LogP contribution in [0.1, 0.15) is 31.4 Å². The zero-order valence-corrected chi connectivity index (χ0v) is 16.1. The summed E-state index contributed by atoms with van der Waals surface area (Å²) in [6, 6.07) is 5.35. The molecule has 1 atom stereocenters. The van der Waals surface area contributed by atoms with Gasteiger partial charge in [-0.15, -0.1) is 0 Å². The molecular formula is C19H20Cl2N4O. The smallest absolute Gasteiger partial charge is 0.141 e. The van der Waals surface area contributed by atoms with Crippen LogP contribution in [0.4, 0.5) is 17.2 Å². The first-order chi connectivity index (χ1) is 12.3. The van der Waals surface area contributed by atoms with Crippen LogP contribution < -0.4 is 10.2 Å². The molecule has 0 saturated carbocycles. The molecule has 7 heteroatoms. The van der Waals surface area contributed by atoms with Crippen LogP contribution in [-0.4, -0.2) is 28.4 Å². The largest absolute Gasteiger partial charge is 0.508 e. The highest BCUT2D eigenvalue weighted by molar-refractivity contribution is 6.35. The predicted octanol–water partition coefficient (Wildman–Crippen LogP) is 5.65. The monoisotopic (exact) mass is 390 g/mol. The molecule has 2 heterocycles. The normalized spacial score (nSPS) is 14.3. The second-order valence-corrected chi connectivity index (χ2v) is 7.21.